The van der Waals surface area contributed by atoms with E-state index in [1.54, 1.807) is 41.5 Å². The lowest BCUT2D eigenvalue weighted by Gasteiger charge is -2.48. The van der Waals surface area contributed by atoms with Gasteiger partial charge in [0, 0.05) is 38.1 Å². The quantitative estimate of drug-likeness (QED) is 0.238. The van der Waals surface area contributed by atoms with Crippen molar-refractivity contribution in [2.24, 2.45) is 17.8 Å². The molecule has 0 aromatic heterocycles. The zero-order valence-electron chi connectivity index (χ0n) is 34.2. The standard InChI is InChI=1S/C38H72N2O12/c1-15-27-38(10,46)31(42)24(6)40(13)19-20(2)17-36(8,45)33(52-35-29(41)26(39(11)12)16-21(3)48-35)22(4)30(23(5)34(44)50-27)51-28-18-37(9,47-14)32(43)25(7)49-28/h20-33,35,41-43,45-46H,15-19H2,1-14H3/t20-,21-,22+,23-,24-,25+,26+,27-,28-,29-,30+,31-,32-,33-,35+,36-,37+,38-/m1/s1. The van der Waals surface area contributed by atoms with E-state index in [9.17, 15) is 30.3 Å². The predicted molar refractivity (Wildman–Crippen MR) is 194 cm³/mol. The number of carbonyl (C=O) groups is 1. The van der Waals surface area contributed by atoms with Crippen molar-refractivity contribution in [3.05, 3.63) is 0 Å². The number of likely N-dealkylation sites (N-methyl/N-ethyl adjacent to an activating group) is 2. The minimum Gasteiger partial charge on any atom is -0.459 e. The average Bonchev–Trinajstić information content (AvgIpc) is 3.05. The van der Waals surface area contributed by atoms with E-state index in [0.29, 0.717) is 13.0 Å². The normalized spacial score (nSPS) is 49.6. The number of nitrogens with zero attached hydrogens (tertiary/aromatic N) is 2. The van der Waals surface area contributed by atoms with Crippen molar-refractivity contribution in [2.75, 3.05) is 34.8 Å². The molecule has 0 spiro atoms. The third-order valence-corrected chi connectivity index (χ3v) is 12.2. The molecular formula is C38H72N2O12. The summed E-state index contributed by atoms with van der Waals surface area (Å²) in [5, 5.41) is 58.1. The van der Waals surface area contributed by atoms with Crippen LogP contribution in [0.2, 0.25) is 0 Å². The Labute approximate surface area is 312 Å². The van der Waals surface area contributed by atoms with Gasteiger partial charge in [0.1, 0.15) is 30.0 Å². The molecule has 3 heterocycles. The van der Waals surface area contributed by atoms with Crippen molar-refractivity contribution in [3.63, 3.8) is 0 Å². The fourth-order valence-corrected chi connectivity index (χ4v) is 8.74. The highest BCUT2D eigenvalue weighted by molar-refractivity contribution is 5.73. The monoisotopic (exact) mass is 749 g/mol. The Kier molecular flexibility index (Phi) is 15.6. The molecule has 14 heteroatoms. The lowest BCUT2D eigenvalue weighted by atomic mass is 9.77. The molecule has 5 N–H and O–H groups in total. The van der Waals surface area contributed by atoms with Gasteiger partial charge in [0.15, 0.2) is 12.6 Å². The number of ether oxygens (including phenoxy) is 6. The van der Waals surface area contributed by atoms with Crippen LogP contribution in [-0.2, 0) is 33.2 Å². The SMILES string of the molecule is CC[C@H]1OC(=O)[C@H](C)[C@@H](O[C@@H]2C[C@](C)(OC)[C@H](O)[C@H](C)O2)[C@H](C)[C@@H](O[C@@H]2O[C@H](C)C[C@H](N(C)C)[C@H]2O)[C@](C)(O)C[C@@H](C)CN(C)[C@H](C)[C@@H](O)[C@]1(C)O. The van der Waals surface area contributed by atoms with E-state index in [4.69, 9.17) is 28.4 Å². The summed E-state index contributed by atoms with van der Waals surface area (Å²) in [6.07, 6.45) is -8.19. The molecule has 306 valence electrons. The Bertz CT molecular complexity index is 1140. The van der Waals surface area contributed by atoms with E-state index < -0.39 is 96.0 Å². The van der Waals surface area contributed by atoms with Crippen LogP contribution in [-0.4, -0.2) is 166 Å². The van der Waals surface area contributed by atoms with Gasteiger partial charge >= 0.3 is 5.97 Å². The molecule has 0 aliphatic carbocycles. The molecule has 3 rings (SSSR count). The number of hydrogen-bond acceptors (Lipinski definition) is 14. The van der Waals surface area contributed by atoms with Gasteiger partial charge < -0.3 is 63.8 Å². The van der Waals surface area contributed by atoms with Gasteiger partial charge in [0.2, 0.25) is 0 Å². The summed E-state index contributed by atoms with van der Waals surface area (Å²) in [5.74, 6) is -2.58. The minimum atomic E-state index is -1.80. The van der Waals surface area contributed by atoms with E-state index in [0.717, 1.165) is 0 Å². The van der Waals surface area contributed by atoms with Crippen molar-refractivity contribution >= 4 is 5.97 Å². The first kappa shape index (κ1) is 45.4. The maximum Gasteiger partial charge on any atom is 0.311 e. The molecule has 0 unspecified atom stereocenters. The summed E-state index contributed by atoms with van der Waals surface area (Å²) in [5.41, 5.74) is -4.37. The van der Waals surface area contributed by atoms with Crippen molar-refractivity contribution < 1.29 is 58.7 Å². The number of esters is 1. The van der Waals surface area contributed by atoms with Crippen LogP contribution in [0.3, 0.4) is 0 Å². The number of methoxy groups -OCH3 is 1. The van der Waals surface area contributed by atoms with E-state index in [1.165, 1.54) is 14.0 Å². The summed E-state index contributed by atoms with van der Waals surface area (Å²) in [6, 6.07) is -0.808. The highest BCUT2D eigenvalue weighted by atomic mass is 16.7. The van der Waals surface area contributed by atoms with Crippen LogP contribution >= 0.6 is 0 Å². The lowest BCUT2D eigenvalue weighted by Crippen LogP contribution is -2.60. The van der Waals surface area contributed by atoms with Gasteiger partial charge in [0.25, 0.3) is 0 Å². The second-order valence-corrected chi connectivity index (χ2v) is 17.2. The molecule has 0 amide bonds. The Morgan fingerprint density at radius 3 is 2.12 bits per heavy atom. The van der Waals surface area contributed by atoms with Crippen LogP contribution in [0.5, 0.6) is 0 Å². The number of hydrogen-bond donors (Lipinski definition) is 5. The van der Waals surface area contributed by atoms with Crippen molar-refractivity contribution in [1.82, 2.24) is 9.80 Å². The Morgan fingerprint density at radius 1 is 0.942 bits per heavy atom. The van der Waals surface area contributed by atoms with Gasteiger partial charge in [-0.25, -0.2) is 0 Å². The van der Waals surface area contributed by atoms with Gasteiger partial charge in [0.05, 0.1) is 41.5 Å². The van der Waals surface area contributed by atoms with Crippen LogP contribution in [0, 0.1) is 17.8 Å². The first-order valence-electron chi connectivity index (χ1n) is 19.1. The fourth-order valence-electron chi connectivity index (χ4n) is 8.74. The third-order valence-electron chi connectivity index (χ3n) is 12.2. The number of aliphatic hydroxyl groups is 5. The molecule has 0 bridgehead atoms. The van der Waals surface area contributed by atoms with Crippen molar-refractivity contribution in [1.29, 1.82) is 0 Å². The van der Waals surface area contributed by atoms with Crippen molar-refractivity contribution in [3.8, 4) is 0 Å². The van der Waals surface area contributed by atoms with Crippen LogP contribution in [0.25, 0.3) is 0 Å². The maximum absolute atomic E-state index is 14.2. The van der Waals surface area contributed by atoms with Crippen LogP contribution < -0.4 is 0 Å². The first-order valence-corrected chi connectivity index (χ1v) is 19.1. The van der Waals surface area contributed by atoms with Crippen LogP contribution in [0.15, 0.2) is 0 Å². The van der Waals surface area contributed by atoms with Gasteiger partial charge in [-0.3, -0.25) is 4.79 Å². The smallest absolute Gasteiger partial charge is 0.311 e. The maximum atomic E-state index is 14.2. The predicted octanol–water partition coefficient (Wildman–Crippen LogP) is 1.90. The molecule has 0 radical (unpaired) electrons. The minimum absolute atomic E-state index is 0.133. The van der Waals surface area contributed by atoms with Crippen molar-refractivity contribution in [2.45, 2.75) is 185 Å². The largest absolute Gasteiger partial charge is 0.459 e. The molecule has 0 aromatic rings. The Hall–Kier alpha value is -1.01. The molecule has 52 heavy (non-hydrogen) atoms. The zero-order chi connectivity index (χ0) is 39.7. The summed E-state index contributed by atoms with van der Waals surface area (Å²) in [6.45, 7) is 18.0. The number of carbonyl (C=O) groups excluding carboxylic acids is 1. The highest BCUT2D eigenvalue weighted by Gasteiger charge is 2.52. The number of cyclic esters (lactones) is 1. The Morgan fingerprint density at radius 2 is 1.56 bits per heavy atom. The third kappa shape index (κ3) is 10.0. The summed E-state index contributed by atoms with van der Waals surface area (Å²) in [4.78, 5) is 18.0. The fraction of sp³-hybridized carbons (Fsp3) is 0.974. The van der Waals surface area contributed by atoms with E-state index in [1.807, 2.05) is 51.7 Å². The summed E-state index contributed by atoms with van der Waals surface area (Å²) < 4.78 is 37.5. The van der Waals surface area contributed by atoms with Crippen LogP contribution in [0.4, 0.5) is 0 Å². The second kappa shape index (κ2) is 17.8. The summed E-state index contributed by atoms with van der Waals surface area (Å²) in [7, 11) is 7.12. The topological polar surface area (TPSA) is 180 Å². The van der Waals surface area contributed by atoms with Gasteiger partial charge in [-0.05, 0) is 94.8 Å². The van der Waals surface area contributed by atoms with E-state index >= 15 is 0 Å². The molecule has 3 aliphatic heterocycles. The highest BCUT2D eigenvalue weighted by Crippen LogP contribution is 2.40. The molecule has 0 saturated carbocycles. The molecule has 18 atom stereocenters. The molecule has 3 aliphatic rings. The first-order chi connectivity index (χ1) is 23.9. The lowest BCUT2D eigenvalue weighted by molar-refractivity contribution is -0.318. The molecule has 3 saturated heterocycles. The van der Waals surface area contributed by atoms with Gasteiger partial charge in [-0.15, -0.1) is 0 Å². The Balaban J connectivity index is 2.17. The molecular weight excluding hydrogens is 676 g/mol. The number of aliphatic hydroxyl groups excluding tert-OH is 3. The molecule has 14 nitrogen and oxygen atoms in total. The van der Waals surface area contributed by atoms with E-state index in [-0.39, 0.29) is 37.3 Å². The molecule has 3 fully saturated rings. The zero-order valence-corrected chi connectivity index (χ0v) is 34.2. The molecule has 0 aromatic carbocycles. The van der Waals surface area contributed by atoms with Gasteiger partial charge in [-0.2, -0.15) is 0 Å². The van der Waals surface area contributed by atoms with E-state index in [2.05, 4.69) is 0 Å². The summed E-state index contributed by atoms with van der Waals surface area (Å²) >= 11 is 0. The number of rotatable bonds is 7. The van der Waals surface area contributed by atoms with Gasteiger partial charge in [-0.1, -0.05) is 20.8 Å². The average molecular weight is 749 g/mol. The second-order valence-electron chi connectivity index (χ2n) is 17.2. The van der Waals surface area contributed by atoms with Crippen LogP contribution in [0.1, 0.15) is 94.9 Å².